The molecule has 0 aliphatic rings. The lowest BCUT2D eigenvalue weighted by molar-refractivity contribution is 0.325. The molecule has 0 unspecified atom stereocenters. The Morgan fingerprint density at radius 1 is 1.64 bits per heavy atom. The van der Waals surface area contributed by atoms with Crippen molar-refractivity contribution in [3.8, 4) is 5.88 Å². The van der Waals surface area contributed by atoms with Crippen LogP contribution in [0.3, 0.4) is 0 Å². The Kier molecular flexibility index (Phi) is 2.20. The SMILES string of the molecule is CCOc1ncnc(F)c1N. The molecule has 11 heavy (non-hydrogen) atoms. The van der Waals surface area contributed by atoms with Gasteiger partial charge in [-0.25, -0.2) is 4.98 Å². The van der Waals surface area contributed by atoms with Crippen LogP contribution in [0, 0.1) is 5.95 Å². The van der Waals surface area contributed by atoms with Gasteiger partial charge in [0.15, 0.2) is 5.69 Å². The van der Waals surface area contributed by atoms with E-state index in [0.29, 0.717) is 6.61 Å². The van der Waals surface area contributed by atoms with Crippen molar-refractivity contribution in [2.75, 3.05) is 12.3 Å². The minimum Gasteiger partial charge on any atom is -0.476 e. The largest absolute Gasteiger partial charge is 0.476 e. The van der Waals surface area contributed by atoms with E-state index in [4.69, 9.17) is 10.5 Å². The van der Waals surface area contributed by atoms with Crippen LogP contribution in [0.25, 0.3) is 0 Å². The Bertz CT molecular complexity index is 254. The van der Waals surface area contributed by atoms with Crippen molar-refractivity contribution in [2.24, 2.45) is 0 Å². The smallest absolute Gasteiger partial charge is 0.243 e. The molecule has 4 nitrogen and oxygen atoms in total. The van der Waals surface area contributed by atoms with Gasteiger partial charge in [-0.15, -0.1) is 0 Å². The zero-order valence-electron chi connectivity index (χ0n) is 6.04. The zero-order chi connectivity index (χ0) is 8.27. The van der Waals surface area contributed by atoms with Crippen LogP contribution < -0.4 is 10.5 Å². The van der Waals surface area contributed by atoms with Crippen molar-refractivity contribution >= 4 is 5.69 Å². The molecule has 1 rings (SSSR count). The molecule has 0 radical (unpaired) electrons. The number of aromatic nitrogens is 2. The number of hydrogen-bond donors (Lipinski definition) is 1. The molecule has 0 aromatic carbocycles. The maximum atomic E-state index is 12.5. The molecule has 0 bridgehead atoms. The van der Waals surface area contributed by atoms with Crippen LogP contribution in [0.5, 0.6) is 5.88 Å². The van der Waals surface area contributed by atoms with E-state index >= 15 is 0 Å². The second kappa shape index (κ2) is 3.14. The molecule has 1 aromatic rings. The van der Waals surface area contributed by atoms with Gasteiger partial charge < -0.3 is 10.5 Å². The van der Waals surface area contributed by atoms with Crippen LogP contribution >= 0.6 is 0 Å². The molecule has 0 aliphatic heterocycles. The van der Waals surface area contributed by atoms with E-state index in [1.165, 1.54) is 0 Å². The van der Waals surface area contributed by atoms with Gasteiger partial charge in [-0.05, 0) is 6.92 Å². The molecular weight excluding hydrogens is 149 g/mol. The number of hydrogen-bond acceptors (Lipinski definition) is 4. The van der Waals surface area contributed by atoms with Gasteiger partial charge in [-0.3, -0.25) is 0 Å². The lowest BCUT2D eigenvalue weighted by atomic mass is 10.5. The van der Waals surface area contributed by atoms with Crippen molar-refractivity contribution < 1.29 is 9.13 Å². The molecular formula is C6H8FN3O. The van der Waals surface area contributed by atoms with E-state index in [1.807, 2.05) is 0 Å². The van der Waals surface area contributed by atoms with Crippen LogP contribution in [-0.4, -0.2) is 16.6 Å². The molecule has 0 saturated carbocycles. The minimum atomic E-state index is -0.747. The molecule has 0 aliphatic carbocycles. The Hall–Kier alpha value is -1.39. The number of nitrogen functional groups attached to an aromatic ring is 1. The van der Waals surface area contributed by atoms with Crippen LogP contribution in [0.1, 0.15) is 6.92 Å². The average molecular weight is 157 g/mol. The van der Waals surface area contributed by atoms with E-state index in [1.54, 1.807) is 6.92 Å². The average Bonchev–Trinajstić information content (AvgIpc) is 1.99. The third-order valence-corrected chi connectivity index (χ3v) is 1.08. The van der Waals surface area contributed by atoms with E-state index in [-0.39, 0.29) is 11.6 Å². The monoisotopic (exact) mass is 157 g/mol. The second-order valence-corrected chi connectivity index (χ2v) is 1.82. The molecule has 0 amide bonds. The molecule has 5 heteroatoms. The first kappa shape index (κ1) is 7.71. The molecule has 0 atom stereocenters. The third-order valence-electron chi connectivity index (χ3n) is 1.08. The number of ether oxygens (including phenoxy) is 1. The Labute approximate surface area is 63.2 Å². The summed E-state index contributed by atoms with van der Waals surface area (Å²) < 4.78 is 17.4. The van der Waals surface area contributed by atoms with Crippen molar-refractivity contribution in [3.05, 3.63) is 12.3 Å². The number of halogens is 1. The highest BCUT2D eigenvalue weighted by molar-refractivity contribution is 5.45. The first-order chi connectivity index (χ1) is 5.25. The fourth-order valence-corrected chi connectivity index (χ4v) is 0.611. The summed E-state index contributed by atoms with van der Waals surface area (Å²) in [7, 11) is 0. The molecule has 2 N–H and O–H groups in total. The first-order valence-electron chi connectivity index (χ1n) is 3.14. The summed E-state index contributed by atoms with van der Waals surface area (Å²) in [4.78, 5) is 6.87. The van der Waals surface area contributed by atoms with Gasteiger partial charge in [0, 0.05) is 0 Å². The van der Waals surface area contributed by atoms with E-state index in [0.717, 1.165) is 6.33 Å². The van der Waals surface area contributed by atoms with Crippen LogP contribution in [0.2, 0.25) is 0 Å². The van der Waals surface area contributed by atoms with Gasteiger partial charge in [0.05, 0.1) is 6.61 Å². The molecule has 0 spiro atoms. The van der Waals surface area contributed by atoms with Gasteiger partial charge in [0.25, 0.3) is 0 Å². The molecule has 1 heterocycles. The van der Waals surface area contributed by atoms with Crippen molar-refractivity contribution in [1.29, 1.82) is 0 Å². The Morgan fingerprint density at radius 3 is 3.00 bits per heavy atom. The molecule has 0 fully saturated rings. The number of nitrogens with zero attached hydrogens (tertiary/aromatic N) is 2. The van der Waals surface area contributed by atoms with E-state index < -0.39 is 5.95 Å². The van der Waals surface area contributed by atoms with E-state index in [9.17, 15) is 4.39 Å². The topological polar surface area (TPSA) is 61.0 Å². The van der Waals surface area contributed by atoms with Crippen molar-refractivity contribution in [3.63, 3.8) is 0 Å². The standard InChI is InChI=1S/C6H8FN3O/c1-2-11-6-4(8)5(7)9-3-10-6/h3H,2,8H2,1H3. The van der Waals surface area contributed by atoms with Crippen LogP contribution in [0.15, 0.2) is 6.33 Å². The summed E-state index contributed by atoms with van der Waals surface area (Å²) in [6, 6.07) is 0. The normalized spacial score (nSPS) is 9.64. The lowest BCUT2D eigenvalue weighted by Crippen LogP contribution is -2.02. The maximum Gasteiger partial charge on any atom is 0.243 e. The number of rotatable bonds is 2. The fraction of sp³-hybridized carbons (Fsp3) is 0.333. The summed E-state index contributed by atoms with van der Waals surface area (Å²) in [6.45, 7) is 2.17. The van der Waals surface area contributed by atoms with Crippen molar-refractivity contribution in [1.82, 2.24) is 9.97 Å². The molecule has 60 valence electrons. The van der Waals surface area contributed by atoms with Crippen LogP contribution in [0.4, 0.5) is 10.1 Å². The van der Waals surface area contributed by atoms with Gasteiger partial charge in [0.2, 0.25) is 11.8 Å². The van der Waals surface area contributed by atoms with Gasteiger partial charge in [-0.1, -0.05) is 0 Å². The highest BCUT2D eigenvalue weighted by atomic mass is 19.1. The quantitative estimate of drug-likeness (QED) is 0.638. The molecule has 1 aromatic heterocycles. The lowest BCUT2D eigenvalue weighted by Gasteiger charge is -2.03. The Balaban J connectivity index is 2.96. The highest BCUT2D eigenvalue weighted by Crippen LogP contribution is 2.17. The van der Waals surface area contributed by atoms with Gasteiger partial charge >= 0.3 is 0 Å². The predicted molar refractivity (Wildman–Crippen MR) is 37.6 cm³/mol. The number of anilines is 1. The minimum absolute atomic E-state index is 0.0972. The summed E-state index contributed by atoms with van der Waals surface area (Å²) in [6.07, 6.45) is 1.07. The fourth-order valence-electron chi connectivity index (χ4n) is 0.611. The second-order valence-electron chi connectivity index (χ2n) is 1.82. The van der Waals surface area contributed by atoms with Gasteiger partial charge in [0.1, 0.15) is 6.33 Å². The zero-order valence-corrected chi connectivity index (χ0v) is 6.04. The molecule has 0 saturated heterocycles. The summed E-state index contributed by atoms with van der Waals surface area (Å²) in [5.41, 5.74) is 5.10. The van der Waals surface area contributed by atoms with Crippen molar-refractivity contribution in [2.45, 2.75) is 6.92 Å². The summed E-state index contributed by atoms with van der Waals surface area (Å²) >= 11 is 0. The summed E-state index contributed by atoms with van der Waals surface area (Å²) in [5, 5.41) is 0. The Morgan fingerprint density at radius 2 is 2.36 bits per heavy atom. The first-order valence-corrected chi connectivity index (χ1v) is 3.14. The third kappa shape index (κ3) is 1.54. The van der Waals surface area contributed by atoms with Crippen LogP contribution in [-0.2, 0) is 0 Å². The van der Waals surface area contributed by atoms with Gasteiger partial charge in [-0.2, -0.15) is 9.37 Å². The highest BCUT2D eigenvalue weighted by Gasteiger charge is 2.06. The van der Waals surface area contributed by atoms with E-state index in [2.05, 4.69) is 9.97 Å². The summed E-state index contributed by atoms with van der Waals surface area (Å²) in [5.74, 6) is -0.650. The predicted octanol–water partition coefficient (Wildman–Crippen LogP) is 0.597. The maximum absolute atomic E-state index is 12.5. The number of nitrogens with two attached hydrogens (primary N) is 1.